The Balaban J connectivity index is 1.68. The van der Waals surface area contributed by atoms with Crippen LogP contribution in [0.1, 0.15) is 27.0 Å². The van der Waals surface area contributed by atoms with Crippen molar-refractivity contribution in [1.29, 1.82) is 0 Å². The molecule has 0 aromatic heterocycles. The van der Waals surface area contributed by atoms with Gasteiger partial charge in [0, 0.05) is 19.6 Å². The number of benzene rings is 2. The second-order valence-corrected chi connectivity index (χ2v) is 4.87. The van der Waals surface area contributed by atoms with E-state index in [0.717, 1.165) is 18.7 Å². The zero-order valence-corrected chi connectivity index (χ0v) is 10.9. The van der Waals surface area contributed by atoms with E-state index in [1.54, 1.807) is 12.1 Å². The van der Waals surface area contributed by atoms with Crippen LogP contribution in [-0.4, -0.2) is 5.91 Å². The molecule has 4 heteroatoms. The first kappa shape index (κ1) is 12.8. The van der Waals surface area contributed by atoms with Gasteiger partial charge in [-0.3, -0.25) is 4.79 Å². The number of carbonyl (C=O) groups excluding carboxylic acids is 1. The molecule has 1 aliphatic heterocycles. The molecule has 2 aromatic rings. The zero-order valence-electron chi connectivity index (χ0n) is 10.9. The van der Waals surface area contributed by atoms with Gasteiger partial charge in [-0.1, -0.05) is 30.3 Å². The summed E-state index contributed by atoms with van der Waals surface area (Å²) < 4.78 is 13.5. The minimum Gasteiger partial charge on any atom is -0.348 e. The standard InChI is InChI=1S/C16H15FN2O/c17-15-4-2-1-3-14(15)16(20)19-8-11-5-6-12-9-18-10-13(12)7-11/h1-7,18H,8-10H2,(H,19,20). The number of halogens is 1. The third-order valence-electron chi connectivity index (χ3n) is 3.47. The fourth-order valence-electron chi connectivity index (χ4n) is 2.38. The Morgan fingerprint density at radius 2 is 1.95 bits per heavy atom. The van der Waals surface area contributed by atoms with Crippen LogP contribution in [-0.2, 0) is 19.6 Å². The molecule has 0 aliphatic carbocycles. The van der Waals surface area contributed by atoms with Crippen molar-refractivity contribution in [3.05, 3.63) is 70.5 Å². The van der Waals surface area contributed by atoms with E-state index in [9.17, 15) is 9.18 Å². The van der Waals surface area contributed by atoms with E-state index >= 15 is 0 Å². The number of hydrogen-bond donors (Lipinski definition) is 2. The van der Waals surface area contributed by atoms with E-state index in [-0.39, 0.29) is 11.5 Å². The highest BCUT2D eigenvalue weighted by molar-refractivity contribution is 5.94. The molecule has 0 saturated heterocycles. The van der Waals surface area contributed by atoms with Gasteiger partial charge >= 0.3 is 0 Å². The molecule has 20 heavy (non-hydrogen) atoms. The van der Waals surface area contributed by atoms with Crippen molar-refractivity contribution in [3.63, 3.8) is 0 Å². The van der Waals surface area contributed by atoms with E-state index < -0.39 is 5.82 Å². The summed E-state index contributed by atoms with van der Waals surface area (Å²) >= 11 is 0. The Morgan fingerprint density at radius 1 is 1.15 bits per heavy atom. The highest BCUT2D eigenvalue weighted by Crippen LogP contribution is 2.17. The largest absolute Gasteiger partial charge is 0.348 e. The smallest absolute Gasteiger partial charge is 0.254 e. The number of amides is 1. The van der Waals surface area contributed by atoms with Gasteiger partial charge in [-0.15, -0.1) is 0 Å². The van der Waals surface area contributed by atoms with E-state index in [1.807, 2.05) is 6.07 Å². The lowest BCUT2D eigenvalue weighted by atomic mass is 10.1. The van der Waals surface area contributed by atoms with Crippen LogP contribution in [0.25, 0.3) is 0 Å². The van der Waals surface area contributed by atoms with E-state index in [4.69, 9.17) is 0 Å². The monoisotopic (exact) mass is 270 g/mol. The van der Waals surface area contributed by atoms with Gasteiger partial charge in [0.2, 0.25) is 0 Å². The molecule has 0 saturated carbocycles. The number of carbonyl (C=O) groups is 1. The van der Waals surface area contributed by atoms with Gasteiger partial charge in [-0.05, 0) is 28.8 Å². The molecule has 0 radical (unpaired) electrons. The first-order valence-corrected chi connectivity index (χ1v) is 6.58. The summed E-state index contributed by atoms with van der Waals surface area (Å²) in [6.07, 6.45) is 0. The maximum absolute atomic E-state index is 13.5. The molecule has 2 N–H and O–H groups in total. The molecule has 1 amide bonds. The van der Waals surface area contributed by atoms with Crippen LogP contribution in [0.5, 0.6) is 0 Å². The first-order chi connectivity index (χ1) is 9.74. The fourth-order valence-corrected chi connectivity index (χ4v) is 2.38. The molecule has 0 fully saturated rings. The molecule has 102 valence electrons. The van der Waals surface area contributed by atoms with Crippen molar-refractivity contribution in [2.45, 2.75) is 19.6 Å². The van der Waals surface area contributed by atoms with E-state index in [2.05, 4.69) is 22.8 Å². The Hall–Kier alpha value is -2.20. The third-order valence-corrected chi connectivity index (χ3v) is 3.47. The molecule has 2 aromatic carbocycles. The van der Waals surface area contributed by atoms with Crippen molar-refractivity contribution >= 4 is 5.91 Å². The Bertz CT molecular complexity index is 655. The highest BCUT2D eigenvalue weighted by atomic mass is 19.1. The SMILES string of the molecule is O=C(NCc1ccc2c(c1)CNC2)c1ccccc1F. The molecule has 0 bridgehead atoms. The van der Waals surface area contributed by atoms with Gasteiger partial charge in [0.15, 0.2) is 0 Å². The topological polar surface area (TPSA) is 41.1 Å². The van der Waals surface area contributed by atoms with Crippen LogP contribution in [0.15, 0.2) is 42.5 Å². The van der Waals surface area contributed by atoms with Gasteiger partial charge in [0.05, 0.1) is 5.56 Å². The molecular weight excluding hydrogens is 255 g/mol. The van der Waals surface area contributed by atoms with Crippen LogP contribution in [0.3, 0.4) is 0 Å². The number of nitrogens with one attached hydrogen (secondary N) is 2. The van der Waals surface area contributed by atoms with Crippen molar-refractivity contribution in [2.24, 2.45) is 0 Å². The minimum atomic E-state index is -0.497. The van der Waals surface area contributed by atoms with Gasteiger partial charge in [0.1, 0.15) is 5.82 Å². The Labute approximate surface area is 116 Å². The summed E-state index contributed by atoms with van der Waals surface area (Å²) in [5.74, 6) is -0.884. The van der Waals surface area contributed by atoms with E-state index in [1.165, 1.54) is 23.3 Å². The van der Waals surface area contributed by atoms with Crippen molar-refractivity contribution in [2.75, 3.05) is 0 Å². The van der Waals surface area contributed by atoms with Gasteiger partial charge < -0.3 is 10.6 Å². The molecule has 0 unspecified atom stereocenters. The van der Waals surface area contributed by atoms with Crippen LogP contribution >= 0.6 is 0 Å². The summed E-state index contributed by atoms with van der Waals surface area (Å²) in [5.41, 5.74) is 3.67. The summed E-state index contributed by atoms with van der Waals surface area (Å²) in [4.78, 5) is 11.9. The van der Waals surface area contributed by atoms with Gasteiger partial charge in [-0.2, -0.15) is 0 Å². The number of fused-ring (bicyclic) bond motifs is 1. The minimum absolute atomic E-state index is 0.0790. The van der Waals surface area contributed by atoms with Crippen molar-refractivity contribution in [1.82, 2.24) is 10.6 Å². The van der Waals surface area contributed by atoms with E-state index in [0.29, 0.717) is 6.54 Å². The summed E-state index contributed by atoms with van der Waals surface area (Å²) in [6.45, 7) is 2.17. The van der Waals surface area contributed by atoms with Crippen LogP contribution in [0, 0.1) is 5.82 Å². The second-order valence-electron chi connectivity index (χ2n) is 4.87. The molecular formula is C16H15FN2O. The Morgan fingerprint density at radius 3 is 2.80 bits per heavy atom. The predicted molar refractivity (Wildman–Crippen MR) is 74.6 cm³/mol. The third kappa shape index (κ3) is 2.56. The summed E-state index contributed by atoms with van der Waals surface area (Å²) in [6, 6.07) is 12.1. The van der Waals surface area contributed by atoms with Crippen molar-refractivity contribution in [3.8, 4) is 0 Å². The van der Waals surface area contributed by atoms with Crippen LogP contribution in [0.2, 0.25) is 0 Å². The Kier molecular flexibility index (Phi) is 3.48. The lowest BCUT2D eigenvalue weighted by Crippen LogP contribution is -2.23. The molecule has 3 nitrogen and oxygen atoms in total. The zero-order chi connectivity index (χ0) is 13.9. The van der Waals surface area contributed by atoms with Crippen molar-refractivity contribution < 1.29 is 9.18 Å². The number of rotatable bonds is 3. The average molecular weight is 270 g/mol. The average Bonchev–Trinajstić information content (AvgIpc) is 2.92. The van der Waals surface area contributed by atoms with Gasteiger partial charge in [-0.25, -0.2) is 4.39 Å². The van der Waals surface area contributed by atoms with Crippen LogP contribution < -0.4 is 10.6 Å². The molecule has 1 aliphatic rings. The quantitative estimate of drug-likeness (QED) is 0.899. The molecule has 1 heterocycles. The summed E-state index contributed by atoms with van der Waals surface area (Å²) in [7, 11) is 0. The molecule has 0 atom stereocenters. The van der Waals surface area contributed by atoms with Crippen LogP contribution in [0.4, 0.5) is 4.39 Å². The maximum Gasteiger partial charge on any atom is 0.254 e. The predicted octanol–water partition coefficient (Wildman–Crippen LogP) is 2.36. The lowest BCUT2D eigenvalue weighted by Gasteiger charge is -2.07. The van der Waals surface area contributed by atoms with Gasteiger partial charge in [0.25, 0.3) is 5.91 Å². The first-order valence-electron chi connectivity index (χ1n) is 6.58. The highest BCUT2D eigenvalue weighted by Gasteiger charge is 2.12. The normalized spacial score (nSPS) is 13.1. The fraction of sp³-hybridized carbons (Fsp3) is 0.188. The molecule has 0 spiro atoms. The number of hydrogen-bond acceptors (Lipinski definition) is 2. The molecule has 3 rings (SSSR count). The second kappa shape index (κ2) is 5.43. The lowest BCUT2D eigenvalue weighted by molar-refractivity contribution is 0.0947. The summed E-state index contributed by atoms with van der Waals surface area (Å²) in [5, 5.41) is 6.02. The maximum atomic E-state index is 13.5.